The normalized spacial score (nSPS) is 12.2. The molecular formula is C32H56N2O6. The lowest BCUT2D eigenvalue weighted by Gasteiger charge is -2.17. The van der Waals surface area contributed by atoms with Gasteiger partial charge in [-0.05, 0) is 36.5 Å². The van der Waals surface area contributed by atoms with Crippen LogP contribution in [0.3, 0.4) is 0 Å². The minimum absolute atomic E-state index is 0.267. The summed E-state index contributed by atoms with van der Waals surface area (Å²) in [6, 6.07) is 3.63. The van der Waals surface area contributed by atoms with Crippen LogP contribution >= 0.6 is 0 Å². The van der Waals surface area contributed by atoms with Crippen LogP contribution in [-0.2, 0) is 11.2 Å². The van der Waals surface area contributed by atoms with E-state index < -0.39 is 0 Å². The van der Waals surface area contributed by atoms with Crippen LogP contribution in [0.5, 0.6) is 11.8 Å². The predicted molar refractivity (Wildman–Crippen MR) is 158 cm³/mol. The van der Waals surface area contributed by atoms with Gasteiger partial charge in [-0.3, -0.25) is 0 Å². The second-order valence-corrected chi connectivity index (χ2v) is 11.0. The summed E-state index contributed by atoms with van der Waals surface area (Å²) < 4.78 is 28.3. The highest BCUT2D eigenvalue weighted by molar-refractivity contribution is 5.12. The lowest BCUT2D eigenvalue weighted by molar-refractivity contribution is 0.0193. The van der Waals surface area contributed by atoms with Gasteiger partial charge in [-0.25, -0.2) is 0 Å². The number of aliphatic hydroxyl groups is 1. The molecule has 0 fully saturated rings. The Morgan fingerprint density at radius 2 is 1.30 bits per heavy atom. The molecule has 0 saturated carbocycles. The van der Waals surface area contributed by atoms with Gasteiger partial charge < -0.3 is 28.4 Å². The third-order valence-electron chi connectivity index (χ3n) is 7.13. The molecule has 8 heteroatoms. The van der Waals surface area contributed by atoms with Crippen LogP contribution in [0.2, 0.25) is 0 Å². The van der Waals surface area contributed by atoms with Crippen molar-refractivity contribution in [2.75, 3.05) is 26.4 Å². The number of aryl methyl sites for hydroxylation is 2. The third kappa shape index (κ3) is 17.6. The summed E-state index contributed by atoms with van der Waals surface area (Å²) in [4.78, 5) is 0. The summed E-state index contributed by atoms with van der Waals surface area (Å²) in [5.74, 6) is 2.44. The number of unbranched alkanes of at least 4 members (excludes halogenated alkanes) is 16. The van der Waals surface area contributed by atoms with Gasteiger partial charge in [0.1, 0.15) is 18.1 Å². The summed E-state index contributed by atoms with van der Waals surface area (Å²) in [6.07, 6.45) is 23.1. The number of aromatic nitrogens is 2. The van der Waals surface area contributed by atoms with Crippen LogP contribution in [0.15, 0.2) is 21.2 Å². The minimum Gasteiger partial charge on any atom is -0.471 e. The number of aliphatic hydroxyl groups excluding tert-OH is 1. The summed E-state index contributed by atoms with van der Waals surface area (Å²) >= 11 is 0. The molecule has 1 unspecified atom stereocenters. The molecule has 1 N–H and O–H groups in total. The second-order valence-electron chi connectivity index (χ2n) is 11.0. The van der Waals surface area contributed by atoms with Crippen molar-refractivity contribution >= 4 is 0 Å². The maximum atomic E-state index is 8.87. The van der Waals surface area contributed by atoms with Crippen molar-refractivity contribution in [2.45, 2.75) is 142 Å². The fourth-order valence-electron chi connectivity index (χ4n) is 4.72. The van der Waals surface area contributed by atoms with Gasteiger partial charge in [0.05, 0.1) is 6.61 Å². The summed E-state index contributed by atoms with van der Waals surface area (Å²) in [5, 5.41) is 16.9. The van der Waals surface area contributed by atoms with Crippen LogP contribution in [-0.4, -0.2) is 48.0 Å². The van der Waals surface area contributed by atoms with Gasteiger partial charge in [-0.2, -0.15) is 0 Å². The van der Waals surface area contributed by atoms with Gasteiger partial charge in [0, 0.05) is 31.8 Å². The first-order valence-corrected chi connectivity index (χ1v) is 16.1. The van der Waals surface area contributed by atoms with Gasteiger partial charge in [0.25, 0.3) is 11.8 Å². The van der Waals surface area contributed by atoms with E-state index in [-0.39, 0.29) is 19.3 Å². The predicted octanol–water partition coefficient (Wildman–Crippen LogP) is 8.39. The molecule has 1 atom stereocenters. The van der Waals surface area contributed by atoms with Crippen molar-refractivity contribution in [3.63, 3.8) is 0 Å². The molecule has 2 heterocycles. The standard InChI is InChI=1S/C32H56N2O6/c1-3-4-5-6-7-8-9-10-11-12-13-15-18-21-29-25-31(33-40-29)37-27-30(38-32-24-28(2)39-34-32)26-36-23-20-17-14-16-19-22-35/h24-25,30,35H,3-23,26-27H2,1-2H3. The van der Waals surface area contributed by atoms with Crippen LogP contribution < -0.4 is 9.47 Å². The fraction of sp³-hybridized carbons (Fsp3) is 0.812. The quantitative estimate of drug-likeness (QED) is 0.103. The largest absolute Gasteiger partial charge is 0.471 e. The Balaban J connectivity index is 1.56. The molecule has 0 saturated heterocycles. The highest BCUT2D eigenvalue weighted by Gasteiger charge is 2.16. The Morgan fingerprint density at radius 3 is 1.93 bits per heavy atom. The lowest BCUT2D eigenvalue weighted by atomic mass is 10.0. The molecule has 0 aliphatic rings. The molecule has 2 aromatic heterocycles. The Hall–Kier alpha value is -2.06. The molecule has 2 rings (SSSR count). The Bertz CT molecular complexity index is 824. The fourth-order valence-corrected chi connectivity index (χ4v) is 4.72. The van der Waals surface area contributed by atoms with Crippen LogP contribution in [0.25, 0.3) is 0 Å². The van der Waals surface area contributed by atoms with E-state index in [1.54, 1.807) is 6.07 Å². The SMILES string of the molecule is CCCCCCCCCCCCCCCc1cc(OCC(COCCCCCCCO)Oc2cc(C)on2)no1. The maximum absolute atomic E-state index is 8.87. The first-order chi connectivity index (χ1) is 19.7. The monoisotopic (exact) mass is 564 g/mol. The molecule has 0 aliphatic carbocycles. The third-order valence-corrected chi connectivity index (χ3v) is 7.13. The maximum Gasteiger partial charge on any atom is 0.254 e. The van der Waals surface area contributed by atoms with Gasteiger partial charge >= 0.3 is 0 Å². The van der Waals surface area contributed by atoms with Crippen LogP contribution in [0.1, 0.15) is 134 Å². The average Bonchev–Trinajstić information content (AvgIpc) is 3.59. The highest BCUT2D eigenvalue weighted by Crippen LogP contribution is 2.18. The van der Waals surface area contributed by atoms with E-state index in [4.69, 9.17) is 28.4 Å². The summed E-state index contributed by atoms with van der Waals surface area (Å²) in [7, 11) is 0. The van der Waals surface area contributed by atoms with Crippen molar-refractivity contribution in [3.05, 3.63) is 23.7 Å². The zero-order valence-corrected chi connectivity index (χ0v) is 25.4. The molecule has 0 aromatic carbocycles. The van der Waals surface area contributed by atoms with Gasteiger partial charge in [0.2, 0.25) is 0 Å². The molecule has 40 heavy (non-hydrogen) atoms. The van der Waals surface area contributed by atoms with E-state index in [1.807, 2.05) is 13.0 Å². The van der Waals surface area contributed by atoms with E-state index >= 15 is 0 Å². The van der Waals surface area contributed by atoms with E-state index in [0.717, 1.165) is 50.7 Å². The molecular weight excluding hydrogens is 508 g/mol. The van der Waals surface area contributed by atoms with E-state index in [1.165, 1.54) is 77.0 Å². The van der Waals surface area contributed by atoms with Crippen molar-refractivity contribution in [3.8, 4) is 11.8 Å². The number of hydrogen-bond donors (Lipinski definition) is 1. The Kier molecular flexibility index (Phi) is 20.2. The van der Waals surface area contributed by atoms with Crippen molar-refractivity contribution in [2.24, 2.45) is 0 Å². The molecule has 0 radical (unpaired) electrons. The van der Waals surface area contributed by atoms with Crippen LogP contribution in [0, 0.1) is 6.92 Å². The van der Waals surface area contributed by atoms with E-state index in [9.17, 15) is 0 Å². The zero-order valence-electron chi connectivity index (χ0n) is 25.4. The second kappa shape index (κ2) is 23.6. The van der Waals surface area contributed by atoms with Crippen LogP contribution in [0.4, 0.5) is 0 Å². The highest BCUT2D eigenvalue weighted by atomic mass is 16.6. The van der Waals surface area contributed by atoms with Gasteiger partial charge in [0.15, 0.2) is 6.10 Å². The summed E-state index contributed by atoms with van der Waals surface area (Å²) in [6.45, 7) is 5.68. The molecule has 230 valence electrons. The molecule has 8 nitrogen and oxygen atoms in total. The molecule has 0 amide bonds. The first-order valence-electron chi connectivity index (χ1n) is 16.1. The number of nitrogens with zero attached hydrogens (tertiary/aromatic N) is 2. The molecule has 0 bridgehead atoms. The molecule has 0 spiro atoms. The smallest absolute Gasteiger partial charge is 0.254 e. The lowest BCUT2D eigenvalue weighted by Crippen LogP contribution is -2.30. The van der Waals surface area contributed by atoms with Crippen molar-refractivity contribution in [1.82, 2.24) is 10.3 Å². The Labute approximate surface area is 242 Å². The zero-order chi connectivity index (χ0) is 28.5. The molecule has 2 aromatic rings. The summed E-state index contributed by atoms with van der Waals surface area (Å²) in [5.41, 5.74) is 0. The van der Waals surface area contributed by atoms with Gasteiger partial charge in [-0.1, -0.05) is 103 Å². The van der Waals surface area contributed by atoms with Crippen molar-refractivity contribution < 1.29 is 28.4 Å². The minimum atomic E-state index is -0.347. The average molecular weight is 565 g/mol. The molecule has 0 aliphatic heterocycles. The topological polar surface area (TPSA) is 100.0 Å². The van der Waals surface area contributed by atoms with E-state index in [0.29, 0.717) is 30.7 Å². The number of rotatable bonds is 28. The Morgan fingerprint density at radius 1 is 0.700 bits per heavy atom. The first kappa shape index (κ1) is 34.1. The van der Waals surface area contributed by atoms with Gasteiger partial charge in [-0.15, -0.1) is 0 Å². The van der Waals surface area contributed by atoms with Crippen molar-refractivity contribution in [1.29, 1.82) is 0 Å². The van der Waals surface area contributed by atoms with E-state index in [2.05, 4.69) is 17.2 Å². The number of ether oxygens (including phenoxy) is 3. The number of hydrogen-bond acceptors (Lipinski definition) is 8.